The van der Waals surface area contributed by atoms with E-state index in [1.165, 1.54) is 6.07 Å². The molecule has 0 saturated carbocycles. The number of aromatic hydroxyl groups is 1. The van der Waals surface area contributed by atoms with Gasteiger partial charge in [-0.2, -0.15) is 0 Å². The Morgan fingerprint density at radius 1 is 1.32 bits per heavy atom. The van der Waals surface area contributed by atoms with Crippen LogP contribution < -0.4 is 10.2 Å². The molecule has 1 aliphatic heterocycles. The number of phenolic OH excluding ortho intramolecular Hbond substituents is 1. The summed E-state index contributed by atoms with van der Waals surface area (Å²) in [7, 11) is 0. The van der Waals surface area contributed by atoms with E-state index in [1.807, 2.05) is 13.8 Å². The van der Waals surface area contributed by atoms with E-state index in [0.29, 0.717) is 28.9 Å². The average Bonchev–Trinajstić information content (AvgIpc) is 2.70. The van der Waals surface area contributed by atoms with Gasteiger partial charge in [0.1, 0.15) is 34.3 Å². The van der Waals surface area contributed by atoms with Gasteiger partial charge in [0, 0.05) is 16.9 Å². The minimum atomic E-state index is -0.983. The maximum absolute atomic E-state index is 13.6. The van der Waals surface area contributed by atoms with E-state index in [-0.39, 0.29) is 34.6 Å². The van der Waals surface area contributed by atoms with E-state index < -0.39 is 16.9 Å². The Labute approximate surface area is 179 Å². The number of aryl methyl sites for hydroxylation is 1. The summed E-state index contributed by atoms with van der Waals surface area (Å²) in [6, 6.07) is 4.81. The van der Waals surface area contributed by atoms with Crippen LogP contribution in [0.25, 0.3) is 21.9 Å². The normalized spacial score (nSPS) is 18.6. The predicted molar refractivity (Wildman–Crippen MR) is 119 cm³/mol. The standard InChI is InChI=1S/C25H26O6/c1-12(2)15-10-30-23-13(3)8-17-19(20(23)21(15)28)22(29)18-16(27)7-6-14(24(18)31-17)9-25(4,5)11-26/h6-8,11,15,21,27-28H,1,9-10H2,2-5H3/t15-,21-/m1/s1. The second-order valence-electron chi connectivity index (χ2n) is 9.18. The van der Waals surface area contributed by atoms with Crippen molar-refractivity contribution in [1.29, 1.82) is 0 Å². The first-order chi connectivity index (χ1) is 14.6. The zero-order valence-electron chi connectivity index (χ0n) is 18.1. The van der Waals surface area contributed by atoms with Gasteiger partial charge >= 0.3 is 0 Å². The number of rotatable bonds is 4. The summed E-state index contributed by atoms with van der Waals surface area (Å²) in [6.45, 7) is 11.4. The van der Waals surface area contributed by atoms with Gasteiger partial charge in [0.15, 0.2) is 0 Å². The van der Waals surface area contributed by atoms with Crippen LogP contribution >= 0.6 is 0 Å². The molecular formula is C25H26O6. The number of phenols is 1. The number of carbonyl (C=O) groups excluding carboxylic acids is 1. The van der Waals surface area contributed by atoms with Crippen molar-refractivity contribution >= 4 is 28.2 Å². The molecule has 0 fully saturated rings. The molecule has 6 heteroatoms. The number of hydrogen-bond donors (Lipinski definition) is 2. The van der Waals surface area contributed by atoms with Crippen LogP contribution in [0.15, 0.2) is 39.6 Å². The molecule has 0 radical (unpaired) electrons. The lowest BCUT2D eigenvalue weighted by Gasteiger charge is -2.32. The van der Waals surface area contributed by atoms with Crippen LogP contribution in [0.1, 0.15) is 43.6 Å². The minimum Gasteiger partial charge on any atom is -0.507 e. The highest BCUT2D eigenvalue weighted by molar-refractivity contribution is 5.97. The topological polar surface area (TPSA) is 97.0 Å². The quantitative estimate of drug-likeness (QED) is 0.369. The molecule has 162 valence electrons. The molecule has 3 aromatic rings. The smallest absolute Gasteiger partial charge is 0.204 e. The van der Waals surface area contributed by atoms with Gasteiger partial charge in [-0.1, -0.05) is 32.1 Å². The lowest BCUT2D eigenvalue weighted by molar-refractivity contribution is -0.114. The Morgan fingerprint density at radius 3 is 2.68 bits per heavy atom. The number of ether oxygens (including phenoxy) is 1. The highest BCUT2D eigenvalue weighted by Crippen LogP contribution is 2.44. The minimum absolute atomic E-state index is 0.0300. The third kappa shape index (κ3) is 3.31. The average molecular weight is 422 g/mol. The van der Waals surface area contributed by atoms with Gasteiger partial charge in [-0.3, -0.25) is 4.79 Å². The molecule has 0 amide bonds. The molecule has 0 saturated heterocycles. The van der Waals surface area contributed by atoms with Crippen molar-refractivity contribution in [3.63, 3.8) is 0 Å². The van der Waals surface area contributed by atoms with Crippen LogP contribution in [0, 0.1) is 18.3 Å². The van der Waals surface area contributed by atoms with E-state index in [4.69, 9.17) is 9.15 Å². The Balaban J connectivity index is 2.10. The van der Waals surface area contributed by atoms with Crippen molar-refractivity contribution in [2.75, 3.05) is 6.61 Å². The van der Waals surface area contributed by atoms with E-state index >= 15 is 0 Å². The van der Waals surface area contributed by atoms with Gasteiger partial charge in [0.2, 0.25) is 5.43 Å². The Hall–Kier alpha value is -3.12. The van der Waals surface area contributed by atoms with E-state index in [0.717, 1.165) is 17.4 Å². The van der Waals surface area contributed by atoms with E-state index in [2.05, 4.69) is 6.58 Å². The lowest BCUT2D eigenvalue weighted by Crippen LogP contribution is -2.28. The van der Waals surface area contributed by atoms with Crippen LogP contribution in [0.4, 0.5) is 0 Å². The van der Waals surface area contributed by atoms with Crippen LogP contribution in [0.2, 0.25) is 0 Å². The number of carbonyl (C=O) groups is 1. The monoisotopic (exact) mass is 422 g/mol. The first-order valence-corrected chi connectivity index (χ1v) is 10.2. The molecule has 2 aromatic carbocycles. The summed E-state index contributed by atoms with van der Waals surface area (Å²) in [6.07, 6.45) is 0.217. The Morgan fingerprint density at radius 2 is 2.03 bits per heavy atom. The van der Waals surface area contributed by atoms with Crippen molar-refractivity contribution in [2.24, 2.45) is 11.3 Å². The summed E-state index contributed by atoms with van der Waals surface area (Å²) < 4.78 is 12.1. The summed E-state index contributed by atoms with van der Waals surface area (Å²) in [4.78, 5) is 25.1. The fraction of sp³-hybridized carbons (Fsp3) is 0.360. The van der Waals surface area contributed by atoms with Gasteiger partial charge in [-0.05, 0) is 43.5 Å². The third-order valence-corrected chi connectivity index (χ3v) is 6.03. The molecule has 4 rings (SSSR count). The molecule has 0 spiro atoms. The number of aliphatic hydroxyl groups excluding tert-OH is 1. The first-order valence-electron chi connectivity index (χ1n) is 10.2. The fourth-order valence-corrected chi connectivity index (χ4v) is 4.32. The van der Waals surface area contributed by atoms with Crippen LogP contribution in [-0.4, -0.2) is 23.1 Å². The van der Waals surface area contributed by atoms with Crippen LogP contribution in [-0.2, 0) is 11.2 Å². The van der Waals surface area contributed by atoms with Gasteiger partial charge < -0.3 is 24.2 Å². The number of hydrogen-bond acceptors (Lipinski definition) is 6. The molecule has 31 heavy (non-hydrogen) atoms. The maximum atomic E-state index is 13.6. The highest BCUT2D eigenvalue weighted by Gasteiger charge is 2.35. The molecule has 1 aromatic heterocycles. The van der Waals surface area contributed by atoms with Gasteiger partial charge in [-0.15, -0.1) is 0 Å². The Bertz CT molecular complexity index is 1300. The van der Waals surface area contributed by atoms with Gasteiger partial charge in [0.25, 0.3) is 0 Å². The first kappa shape index (κ1) is 21.1. The second-order valence-corrected chi connectivity index (χ2v) is 9.18. The third-order valence-electron chi connectivity index (χ3n) is 6.03. The number of benzene rings is 2. The molecule has 2 heterocycles. The zero-order valence-corrected chi connectivity index (χ0v) is 18.1. The summed E-state index contributed by atoms with van der Waals surface area (Å²) in [5.41, 5.74) is 1.93. The SMILES string of the molecule is C=C(C)[C@H]1COc2c(C)cc3oc4c(CC(C)(C)C=O)ccc(O)c4c(=O)c3c2[C@@H]1O. The zero-order chi connectivity index (χ0) is 22.7. The molecular weight excluding hydrogens is 396 g/mol. The highest BCUT2D eigenvalue weighted by atomic mass is 16.5. The largest absolute Gasteiger partial charge is 0.507 e. The Kier molecular flexibility index (Phi) is 4.93. The maximum Gasteiger partial charge on any atom is 0.204 e. The summed E-state index contributed by atoms with van der Waals surface area (Å²) >= 11 is 0. The van der Waals surface area contributed by atoms with Gasteiger partial charge in [0.05, 0.1) is 18.1 Å². The van der Waals surface area contributed by atoms with E-state index in [1.54, 1.807) is 26.0 Å². The van der Waals surface area contributed by atoms with Crippen molar-refractivity contribution in [1.82, 2.24) is 0 Å². The van der Waals surface area contributed by atoms with Crippen molar-refractivity contribution < 1.29 is 24.2 Å². The fourth-order valence-electron chi connectivity index (χ4n) is 4.32. The summed E-state index contributed by atoms with van der Waals surface area (Å²) in [5, 5.41) is 21.8. The summed E-state index contributed by atoms with van der Waals surface area (Å²) in [5.74, 6) is -0.113. The molecule has 2 N–H and O–H groups in total. The molecule has 2 atom stereocenters. The van der Waals surface area contributed by atoms with Crippen molar-refractivity contribution in [3.05, 3.63) is 57.3 Å². The van der Waals surface area contributed by atoms with Gasteiger partial charge in [-0.25, -0.2) is 0 Å². The van der Waals surface area contributed by atoms with E-state index in [9.17, 15) is 19.8 Å². The number of aldehydes is 1. The molecule has 6 nitrogen and oxygen atoms in total. The molecule has 0 bridgehead atoms. The number of fused-ring (bicyclic) bond motifs is 4. The second kappa shape index (κ2) is 7.24. The number of aliphatic hydroxyl groups is 1. The molecule has 0 unspecified atom stereocenters. The van der Waals surface area contributed by atoms with Crippen molar-refractivity contribution in [2.45, 2.75) is 40.2 Å². The predicted octanol–water partition coefficient (Wildman–Crippen LogP) is 4.35. The molecule has 0 aliphatic carbocycles. The van der Waals surface area contributed by atoms with Crippen LogP contribution in [0.3, 0.4) is 0 Å². The lowest BCUT2D eigenvalue weighted by atomic mass is 9.84. The molecule has 1 aliphatic rings. The van der Waals surface area contributed by atoms with Crippen LogP contribution in [0.5, 0.6) is 11.5 Å². The van der Waals surface area contributed by atoms with Crippen molar-refractivity contribution in [3.8, 4) is 11.5 Å².